The maximum absolute atomic E-state index is 11.4. The first-order valence-electron chi connectivity index (χ1n) is 7.78. The Balaban J connectivity index is 1.69. The summed E-state index contributed by atoms with van der Waals surface area (Å²) in [7, 11) is -4.38. The highest BCUT2D eigenvalue weighted by atomic mass is 31.2. The van der Waals surface area contributed by atoms with Gasteiger partial charge >= 0.3 is 7.82 Å². The summed E-state index contributed by atoms with van der Waals surface area (Å²) < 4.78 is 36.4. The minimum absolute atomic E-state index is 0.434. The van der Waals surface area contributed by atoms with E-state index >= 15 is 0 Å². The number of phosphoric acid groups is 1. The van der Waals surface area contributed by atoms with Gasteiger partial charge in [-0.05, 0) is 0 Å². The van der Waals surface area contributed by atoms with Gasteiger partial charge in [-0.25, -0.2) is 4.57 Å². The zero-order valence-corrected chi connectivity index (χ0v) is 14.1. The van der Waals surface area contributed by atoms with Crippen molar-refractivity contribution >= 4 is 7.82 Å². The van der Waals surface area contributed by atoms with Crippen molar-refractivity contribution < 1.29 is 63.4 Å². The molecule has 3 heterocycles. The van der Waals surface area contributed by atoms with Gasteiger partial charge in [-0.1, -0.05) is 0 Å². The average molecular weight is 404 g/mol. The third-order valence-electron chi connectivity index (χ3n) is 4.41. The SMILES string of the molecule is O=P1(O)OCC2O[C@H](O[C@H]3OC(CO)[C@@H](O)[C@H](O)C3O)C(O)C(O)[C@@H]2O1. The molecule has 3 aliphatic rings. The van der Waals surface area contributed by atoms with Gasteiger partial charge in [-0.2, -0.15) is 0 Å². The van der Waals surface area contributed by atoms with E-state index < -0.39 is 82.4 Å². The van der Waals surface area contributed by atoms with Crippen LogP contribution in [0.15, 0.2) is 0 Å². The highest BCUT2D eigenvalue weighted by molar-refractivity contribution is 7.47. The van der Waals surface area contributed by atoms with E-state index in [0.29, 0.717) is 0 Å². The zero-order chi connectivity index (χ0) is 19.2. The van der Waals surface area contributed by atoms with Crippen LogP contribution in [0.2, 0.25) is 0 Å². The second-order valence-electron chi connectivity index (χ2n) is 6.19. The summed E-state index contributed by atoms with van der Waals surface area (Å²) in [6.45, 7) is -1.11. The molecule has 0 spiro atoms. The van der Waals surface area contributed by atoms with Crippen LogP contribution in [-0.4, -0.2) is 110 Å². The second-order valence-corrected chi connectivity index (χ2v) is 7.60. The second kappa shape index (κ2) is 7.64. The highest BCUT2D eigenvalue weighted by Gasteiger charge is 2.54. The third-order valence-corrected chi connectivity index (χ3v) is 5.40. The normalized spacial score (nSPS) is 55.3. The Labute approximate surface area is 146 Å². The smallest absolute Gasteiger partial charge is 0.394 e. The van der Waals surface area contributed by atoms with Crippen LogP contribution in [0, 0.1) is 0 Å². The van der Waals surface area contributed by atoms with E-state index in [4.69, 9.17) is 23.8 Å². The van der Waals surface area contributed by atoms with Crippen LogP contribution in [0.5, 0.6) is 0 Å². The van der Waals surface area contributed by atoms with Crippen molar-refractivity contribution in [1.82, 2.24) is 0 Å². The molecule has 11 atom stereocenters. The molecule has 0 saturated carbocycles. The molecule has 6 unspecified atom stereocenters. The highest BCUT2D eigenvalue weighted by Crippen LogP contribution is 2.50. The predicted molar refractivity (Wildman–Crippen MR) is 76.2 cm³/mol. The van der Waals surface area contributed by atoms with Gasteiger partial charge in [0.25, 0.3) is 0 Å². The number of ether oxygens (including phenoxy) is 3. The minimum Gasteiger partial charge on any atom is -0.394 e. The lowest BCUT2D eigenvalue weighted by molar-refractivity contribution is -0.377. The van der Waals surface area contributed by atoms with Crippen molar-refractivity contribution in [2.45, 2.75) is 61.4 Å². The van der Waals surface area contributed by atoms with Gasteiger partial charge in [0.05, 0.1) is 13.2 Å². The lowest BCUT2D eigenvalue weighted by Crippen LogP contribution is -2.64. The summed E-state index contributed by atoms with van der Waals surface area (Å²) in [6.07, 6.45) is -15.4. The fourth-order valence-electron chi connectivity index (χ4n) is 2.95. The molecule has 0 aromatic rings. The average Bonchev–Trinajstić information content (AvgIpc) is 2.60. The van der Waals surface area contributed by atoms with Gasteiger partial charge in [0.1, 0.15) is 48.8 Å². The molecule has 152 valence electrons. The van der Waals surface area contributed by atoms with Crippen LogP contribution in [0.1, 0.15) is 0 Å². The first-order valence-corrected chi connectivity index (χ1v) is 9.27. The molecule has 0 aromatic heterocycles. The number of aliphatic hydroxyl groups excluding tert-OH is 6. The van der Waals surface area contributed by atoms with E-state index in [1.165, 1.54) is 0 Å². The Bertz CT molecular complexity index is 543. The van der Waals surface area contributed by atoms with E-state index in [2.05, 4.69) is 4.52 Å². The molecule has 0 aliphatic carbocycles. The van der Waals surface area contributed by atoms with E-state index in [9.17, 15) is 35.0 Å². The summed E-state index contributed by atoms with van der Waals surface area (Å²) in [5, 5.41) is 58.8. The number of fused-ring (bicyclic) bond motifs is 1. The Morgan fingerprint density at radius 2 is 1.54 bits per heavy atom. The lowest BCUT2D eigenvalue weighted by Gasteiger charge is -2.46. The predicted octanol–water partition coefficient (Wildman–Crippen LogP) is -4.23. The molecule has 3 fully saturated rings. The van der Waals surface area contributed by atoms with Crippen molar-refractivity contribution in [2.75, 3.05) is 13.2 Å². The van der Waals surface area contributed by atoms with E-state index in [1.807, 2.05) is 0 Å². The van der Waals surface area contributed by atoms with Crippen LogP contribution in [0.25, 0.3) is 0 Å². The summed E-state index contributed by atoms with van der Waals surface area (Å²) in [5.74, 6) is 0. The number of phosphoric ester groups is 1. The molecule has 0 aromatic carbocycles. The topological polar surface area (TPSA) is 205 Å². The molecule has 3 rings (SSSR count). The van der Waals surface area contributed by atoms with Crippen LogP contribution in [-0.2, 0) is 27.8 Å². The molecule has 3 saturated heterocycles. The fraction of sp³-hybridized carbons (Fsp3) is 1.00. The number of aliphatic hydroxyl groups is 6. The number of rotatable bonds is 3. The standard InChI is InChI=1S/C12H21O13P/c13-1-3-5(14)6(15)8(17)11(22-3)24-12-9(18)7(16)10-4(23-12)2-21-26(19,20)25-10/h3-18H,1-2H2,(H,19,20)/t3?,4?,5-,6+,7?,8?,9?,10-,11-,12-/m1/s1. The molecule has 7 N–H and O–H groups in total. The van der Waals surface area contributed by atoms with Gasteiger partial charge in [-0.15, -0.1) is 0 Å². The Kier molecular flexibility index (Phi) is 6.02. The maximum Gasteiger partial charge on any atom is 0.472 e. The van der Waals surface area contributed by atoms with E-state index in [-0.39, 0.29) is 0 Å². The molecular formula is C12H21O13P. The molecule has 13 nitrogen and oxygen atoms in total. The Hall–Kier alpha value is -0.250. The molecule has 14 heteroatoms. The first-order chi connectivity index (χ1) is 12.1. The largest absolute Gasteiger partial charge is 0.472 e. The maximum atomic E-state index is 11.4. The van der Waals surface area contributed by atoms with Crippen molar-refractivity contribution in [2.24, 2.45) is 0 Å². The minimum atomic E-state index is -4.38. The van der Waals surface area contributed by atoms with Gasteiger partial charge in [-0.3, -0.25) is 9.05 Å². The Morgan fingerprint density at radius 1 is 0.923 bits per heavy atom. The van der Waals surface area contributed by atoms with Crippen LogP contribution in [0.3, 0.4) is 0 Å². The van der Waals surface area contributed by atoms with Crippen LogP contribution < -0.4 is 0 Å². The third kappa shape index (κ3) is 3.82. The molecule has 0 radical (unpaired) electrons. The van der Waals surface area contributed by atoms with Gasteiger partial charge in [0.2, 0.25) is 0 Å². The van der Waals surface area contributed by atoms with Crippen molar-refractivity contribution in [3.63, 3.8) is 0 Å². The monoisotopic (exact) mass is 404 g/mol. The van der Waals surface area contributed by atoms with Crippen molar-refractivity contribution in [1.29, 1.82) is 0 Å². The Morgan fingerprint density at radius 3 is 2.19 bits per heavy atom. The first kappa shape index (κ1) is 20.5. The van der Waals surface area contributed by atoms with E-state index in [1.54, 1.807) is 0 Å². The lowest BCUT2D eigenvalue weighted by atomic mass is 9.98. The molecule has 0 amide bonds. The summed E-state index contributed by atoms with van der Waals surface area (Å²) in [5.41, 5.74) is 0. The van der Waals surface area contributed by atoms with Crippen molar-refractivity contribution in [3.8, 4) is 0 Å². The van der Waals surface area contributed by atoms with Gasteiger partial charge in [0, 0.05) is 0 Å². The van der Waals surface area contributed by atoms with Crippen LogP contribution in [0.4, 0.5) is 0 Å². The zero-order valence-electron chi connectivity index (χ0n) is 13.2. The summed E-state index contributed by atoms with van der Waals surface area (Å²) in [4.78, 5) is 9.29. The van der Waals surface area contributed by atoms with Gasteiger partial charge < -0.3 is 49.7 Å². The fourth-order valence-corrected chi connectivity index (χ4v) is 3.91. The van der Waals surface area contributed by atoms with Crippen molar-refractivity contribution in [3.05, 3.63) is 0 Å². The quantitative estimate of drug-likeness (QED) is 0.223. The number of hydrogen-bond donors (Lipinski definition) is 7. The summed E-state index contributed by atoms with van der Waals surface area (Å²) >= 11 is 0. The van der Waals surface area contributed by atoms with E-state index in [0.717, 1.165) is 0 Å². The molecule has 0 bridgehead atoms. The van der Waals surface area contributed by atoms with Gasteiger partial charge in [0.15, 0.2) is 12.6 Å². The number of hydrogen-bond acceptors (Lipinski definition) is 12. The van der Waals surface area contributed by atoms with Crippen LogP contribution >= 0.6 is 7.82 Å². The summed E-state index contributed by atoms with van der Waals surface area (Å²) in [6, 6.07) is 0. The molecular weight excluding hydrogens is 383 g/mol. The molecule has 26 heavy (non-hydrogen) atoms. The molecule has 3 aliphatic heterocycles.